The van der Waals surface area contributed by atoms with E-state index >= 15 is 0 Å². The van der Waals surface area contributed by atoms with Crippen LogP contribution in [0.2, 0.25) is 0 Å². The molecule has 9 heteroatoms. The van der Waals surface area contributed by atoms with Crippen LogP contribution in [0.4, 0.5) is 5.82 Å². The standard InChI is InChI=1S/C20H26N4O4S/c1-23-19(17-6-3-7-18(17)22-23)21-20(25)14-5-4-12-24(13-14)29(26,27)16-10-8-15(28-2)9-11-16/h8-11,14H,3-7,12-13H2,1-2H3,(H,21,25)/t14-/m1/s1. The molecule has 4 rings (SSSR count). The minimum atomic E-state index is -3.65. The summed E-state index contributed by atoms with van der Waals surface area (Å²) in [5.41, 5.74) is 2.16. The van der Waals surface area contributed by atoms with Crippen LogP contribution >= 0.6 is 0 Å². The van der Waals surface area contributed by atoms with Gasteiger partial charge in [0.15, 0.2) is 0 Å². The zero-order chi connectivity index (χ0) is 20.6. The maximum atomic E-state index is 13.0. The lowest BCUT2D eigenvalue weighted by Crippen LogP contribution is -2.43. The van der Waals surface area contributed by atoms with Gasteiger partial charge in [0.1, 0.15) is 11.6 Å². The topological polar surface area (TPSA) is 93.5 Å². The van der Waals surface area contributed by atoms with Gasteiger partial charge in [-0.25, -0.2) is 8.42 Å². The number of nitrogens with zero attached hydrogens (tertiary/aromatic N) is 3. The molecule has 1 N–H and O–H groups in total. The maximum absolute atomic E-state index is 13.0. The summed E-state index contributed by atoms with van der Waals surface area (Å²) in [5.74, 6) is 0.822. The van der Waals surface area contributed by atoms with E-state index in [1.165, 1.54) is 23.5 Å². The molecule has 2 aliphatic rings. The van der Waals surface area contributed by atoms with Crippen LogP contribution in [0, 0.1) is 5.92 Å². The molecule has 0 unspecified atom stereocenters. The lowest BCUT2D eigenvalue weighted by Gasteiger charge is -2.31. The predicted octanol–water partition coefficient (Wildman–Crippen LogP) is 1.96. The number of fused-ring (bicyclic) bond motifs is 1. The Labute approximate surface area is 170 Å². The quantitative estimate of drug-likeness (QED) is 0.801. The summed E-state index contributed by atoms with van der Waals surface area (Å²) >= 11 is 0. The molecule has 29 heavy (non-hydrogen) atoms. The van der Waals surface area contributed by atoms with Crippen molar-refractivity contribution in [3.05, 3.63) is 35.5 Å². The number of carbonyl (C=O) groups excluding carboxylic acids is 1. The number of piperidine rings is 1. The van der Waals surface area contributed by atoms with Crippen LogP contribution in [-0.2, 0) is 34.7 Å². The van der Waals surface area contributed by atoms with E-state index in [1.807, 2.05) is 7.05 Å². The van der Waals surface area contributed by atoms with Gasteiger partial charge in [-0.05, 0) is 56.4 Å². The third-order valence-electron chi connectivity index (χ3n) is 5.76. The summed E-state index contributed by atoms with van der Waals surface area (Å²) in [6, 6.07) is 6.33. The van der Waals surface area contributed by atoms with Crippen LogP contribution in [0.1, 0.15) is 30.5 Å². The number of sulfonamides is 1. The molecule has 1 amide bonds. The normalized spacial score (nSPS) is 19.7. The Morgan fingerprint density at radius 1 is 1.21 bits per heavy atom. The molecule has 0 spiro atoms. The highest BCUT2D eigenvalue weighted by Gasteiger charge is 2.34. The maximum Gasteiger partial charge on any atom is 0.243 e. The molecule has 156 valence electrons. The number of nitrogens with one attached hydrogen (secondary N) is 1. The van der Waals surface area contributed by atoms with Crippen molar-refractivity contribution in [2.24, 2.45) is 13.0 Å². The van der Waals surface area contributed by atoms with Gasteiger partial charge in [0.05, 0.1) is 23.6 Å². The molecule has 0 bridgehead atoms. The fraction of sp³-hybridized carbons (Fsp3) is 0.500. The Balaban J connectivity index is 1.48. The Hall–Kier alpha value is -2.39. The van der Waals surface area contributed by atoms with E-state index < -0.39 is 10.0 Å². The van der Waals surface area contributed by atoms with Gasteiger partial charge < -0.3 is 10.1 Å². The zero-order valence-corrected chi connectivity index (χ0v) is 17.5. The molecule has 8 nitrogen and oxygen atoms in total. The average Bonchev–Trinajstić information content (AvgIpc) is 3.30. The average molecular weight is 419 g/mol. The van der Waals surface area contributed by atoms with Crippen LogP contribution in [0.15, 0.2) is 29.2 Å². The molecule has 1 aliphatic heterocycles. The second-order valence-electron chi connectivity index (χ2n) is 7.62. The van der Waals surface area contributed by atoms with Gasteiger partial charge in [0.25, 0.3) is 0 Å². The number of benzene rings is 1. The zero-order valence-electron chi connectivity index (χ0n) is 16.7. The van der Waals surface area contributed by atoms with Crippen molar-refractivity contribution in [2.75, 3.05) is 25.5 Å². The molecule has 1 saturated heterocycles. The van der Waals surface area contributed by atoms with Crippen molar-refractivity contribution in [2.45, 2.75) is 37.0 Å². The lowest BCUT2D eigenvalue weighted by molar-refractivity contribution is -0.120. The van der Waals surface area contributed by atoms with Crippen molar-refractivity contribution in [1.29, 1.82) is 0 Å². The first-order chi connectivity index (χ1) is 13.9. The van der Waals surface area contributed by atoms with Gasteiger partial charge in [-0.1, -0.05) is 0 Å². The number of aromatic nitrogens is 2. The van der Waals surface area contributed by atoms with E-state index in [4.69, 9.17) is 4.74 Å². The lowest BCUT2D eigenvalue weighted by atomic mass is 9.99. The number of hydrogen-bond donors (Lipinski definition) is 1. The minimum Gasteiger partial charge on any atom is -0.497 e. The number of aryl methyl sites for hydroxylation is 2. The number of methoxy groups -OCH3 is 1. The summed E-state index contributed by atoms with van der Waals surface area (Å²) < 4.78 is 34.3. The van der Waals surface area contributed by atoms with E-state index in [9.17, 15) is 13.2 Å². The minimum absolute atomic E-state index is 0.141. The number of carbonyl (C=O) groups is 1. The molecule has 1 aromatic heterocycles. The van der Waals surface area contributed by atoms with Crippen LogP contribution in [0.5, 0.6) is 5.75 Å². The Morgan fingerprint density at radius 3 is 2.69 bits per heavy atom. The number of ether oxygens (including phenoxy) is 1. The summed E-state index contributed by atoms with van der Waals surface area (Å²) in [4.78, 5) is 13.1. The van der Waals surface area contributed by atoms with E-state index in [-0.39, 0.29) is 23.3 Å². The van der Waals surface area contributed by atoms with E-state index in [0.717, 1.165) is 36.3 Å². The largest absolute Gasteiger partial charge is 0.497 e. The molecule has 1 aliphatic carbocycles. The Morgan fingerprint density at radius 2 is 1.97 bits per heavy atom. The number of rotatable bonds is 5. The van der Waals surface area contributed by atoms with Crippen molar-refractivity contribution >= 4 is 21.7 Å². The molecular weight excluding hydrogens is 392 g/mol. The molecule has 2 aromatic rings. The van der Waals surface area contributed by atoms with Crippen LogP contribution < -0.4 is 10.1 Å². The summed E-state index contributed by atoms with van der Waals surface area (Å²) in [6.45, 7) is 0.597. The SMILES string of the molecule is COc1ccc(S(=O)(=O)N2CCC[C@@H](C(=O)Nc3c4c(nn3C)CCC4)C2)cc1. The van der Waals surface area contributed by atoms with Crippen LogP contribution in [0.25, 0.3) is 0 Å². The van der Waals surface area contributed by atoms with Gasteiger partial charge in [-0.2, -0.15) is 9.40 Å². The number of anilines is 1. The molecule has 1 aromatic carbocycles. The molecule has 0 radical (unpaired) electrons. The van der Waals surface area contributed by atoms with Gasteiger partial charge in [-0.15, -0.1) is 0 Å². The Kier molecular flexibility index (Phi) is 5.35. The highest BCUT2D eigenvalue weighted by molar-refractivity contribution is 7.89. The van der Waals surface area contributed by atoms with Gasteiger partial charge in [0.2, 0.25) is 15.9 Å². The molecule has 1 fully saturated rings. The summed E-state index contributed by atoms with van der Waals surface area (Å²) in [6.07, 6.45) is 4.23. The van der Waals surface area contributed by atoms with Gasteiger partial charge in [-0.3, -0.25) is 9.48 Å². The van der Waals surface area contributed by atoms with Crippen molar-refractivity contribution in [1.82, 2.24) is 14.1 Å². The molecular formula is C20H26N4O4S. The third-order valence-corrected chi connectivity index (χ3v) is 7.64. The molecule has 2 heterocycles. The predicted molar refractivity (Wildman–Crippen MR) is 108 cm³/mol. The molecule has 0 saturated carbocycles. The summed E-state index contributed by atoms with van der Waals surface area (Å²) in [7, 11) is -0.288. The molecule has 1 atom stereocenters. The van der Waals surface area contributed by atoms with E-state index in [0.29, 0.717) is 25.1 Å². The summed E-state index contributed by atoms with van der Waals surface area (Å²) in [5, 5.41) is 7.49. The van der Waals surface area contributed by atoms with Gasteiger partial charge >= 0.3 is 0 Å². The highest BCUT2D eigenvalue weighted by Crippen LogP contribution is 2.30. The smallest absolute Gasteiger partial charge is 0.243 e. The van der Waals surface area contributed by atoms with E-state index in [1.54, 1.807) is 16.8 Å². The monoisotopic (exact) mass is 418 g/mol. The second-order valence-corrected chi connectivity index (χ2v) is 9.56. The first-order valence-corrected chi connectivity index (χ1v) is 11.3. The number of amides is 1. The third kappa shape index (κ3) is 3.76. The number of hydrogen-bond acceptors (Lipinski definition) is 5. The highest BCUT2D eigenvalue weighted by atomic mass is 32.2. The fourth-order valence-corrected chi connectivity index (χ4v) is 5.69. The van der Waals surface area contributed by atoms with Crippen LogP contribution in [-0.4, -0.2) is 48.6 Å². The van der Waals surface area contributed by atoms with E-state index in [2.05, 4.69) is 10.4 Å². The Bertz CT molecular complexity index is 1010. The van der Waals surface area contributed by atoms with Gasteiger partial charge in [0, 0.05) is 25.7 Å². The van der Waals surface area contributed by atoms with Crippen LogP contribution in [0.3, 0.4) is 0 Å². The first kappa shape index (κ1) is 19.9. The fourth-order valence-electron chi connectivity index (χ4n) is 4.17. The van der Waals surface area contributed by atoms with Crippen molar-refractivity contribution in [3.63, 3.8) is 0 Å². The second kappa shape index (κ2) is 7.79. The van der Waals surface area contributed by atoms with Crippen molar-refractivity contribution in [3.8, 4) is 5.75 Å². The van der Waals surface area contributed by atoms with Crippen molar-refractivity contribution < 1.29 is 17.9 Å². The first-order valence-electron chi connectivity index (χ1n) is 9.90.